The third kappa shape index (κ3) is 6.12. The van der Waals surface area contributed by atoms with E-state index in [9.17, 15) is 10.1 Å². The summed E-state index contributed by atoms with van der Waals surface area (Å²) in [4.78, 5) is 16.5. The molecule has 29 heavy (non-hydrogen) atoms. The summed E-state index contributed by atoms with van der Waals surface area (Å²) in [6.07, 6.45) is 4.16. The molecule has 1 saturated heterocycles. The minimum absolute atomic E-state index is 0.0518. The molecule has 1 aliphatic rings. The Morgan fingerprint density at radius 3 is 2.55 bits per heavy atom. The van der Waals surface area contributed by atoms with E-state index in [0.717, 1.165) is 12.0 Å². The molecule has 0 radical (unpaired) electrons. The summed E-state index contributed by atoms with van der Waals surface area (Å²) in [5.74, 6) is 1.28. The Labute approximate surface area is 178 Å². The average molecular weight is 420 g/mol. The number of methoxy groups -OCH3 is 1. The lowest BCUT2D eigenvalue weighted by Gasteiger charge is -2.37. The van der Waals surface area contributed by atoms with E-state index in [1.807, 2.05) is 20.8 Å². The average Bonchev–Trinajstić information content (AvgIpc) is 2.71. The zero-order valence-electron chi connectivity index (χ0n) is 17.7. The van der Waals surface area contributed by atoms with Crippen LogP contribution in [0, 0.1) is 17.2 Å². The molecular formula is C22H30ClN3O3. The molecule has 0 spiro atoms. The van der Waals surface area contributed by atoms with Crippen molar-refractivity contribution in [2.45, 2.75) is 33.2 Å². The number of ether oxygens (including phenoxy) is 2. The Morgan fingerprint density at radius 2 is 2.00 bits per heavy atom. The number of piperazine rings is 1. The van der Waals surface area contributed by atoms with Gasteiger partial charge < -0.3 is 14.4 Å². The number of amides is 1. The first-order valence-electron chi connectivity index (χ1n) is 10.0. The first-order valence-corrected chi connectivity index (χ1v) is 10.4. The van der Waals surface area contributed by atoms with Crippen molar-refractivity contribution in [3.8, 4) is 17.6 Å². The summed E-state index contributed by atoms with van der Waals surface area (Å²) in [5.41, 5.74) is 0.770. The number of nitrogens with zero attached hydrogens (tertiary/aromatic N) is 3. The van der Waals surface area contributed by atoms with Crippen molar-refractivity contribution in [3.63, 3.8) is 0 Å². The van der Waals surface area contributed by atoms with Crippen molar-refractivity contribution in [3.05, 3.63) is 28.8 Å². The number of hydrogen-bond donors (Lipinski definition) is 0. The van der Waals surface area contributed by atoms with Crippen LogP contribution in [-0.2, 0) is 4.79 Å². The Morgan fingerprint density at radius 1 is 1.31 bits per heavy atom. The Bertz CT molecular complexity index is 765. The summed E-state index contributed by atoms with van der Waals surface area (Å²) in [6.45, 7) is 9.31. The van der Waals surface area contributed by atoms with E-state index in [1.54, 1.807) is 36.3 Å². The molecule has 0 bridgehead atoms. The van der Waals surface area contributed by atoms with Gasteiger partial charge in [0.2, 0.25) is 5.91 Å². The molecule has 6 nitrogen and oxygen atoms in total. The molecule has 1 aromatic carbocycles. The molecule has 0 aromatic heterocycles. The zero-order chi connectivity index (χ0) is 21.4. The molecule has 1 aromatic rings. The van der Waals surface area contributed by atoms with E-state index in [2.05, 4.69) is 11.0 Å². The minimum atomic E-state index is -0.106. The van der Waals surface area contributed by atoms with E-state index in [1.165, 1.54) is 0 Å². The lowest BCUT2D eigenvalue weighted by molar-refractivity contribution is -0.127. The second-order valence-corrected chi connectivity index (χ2v) is 7.80. The van der Waals surface area contributed by atoms with Crippen LogP contribution < -0.4 is 9.47 Å². The first-order chi connectivity index (χ1) is 13.9. The van der Waals surface area contributed by atoms with E-state index in [4.69, 9.17) is 21.1 Å². The van der Waals surface area contributed by atoms with Gasteiger partial charge in [-0.05, 0) is 36.1 Å². The van der Waals surface area contributed by atoms with Crippen LogP contribution in [0.15, 0.2) is 18.2 Å². The van der Waals surface area contributed by atoms with Crippen LogP contribution in [0.1, 0.15) is 32.8 Å². The van der Waals surface area contributed by atoms with Crippen LogP contribution in [0.5, 0.6) is 11.5 Å². The topological polar surface area (TPSA) is 65.8 Å². The first kappa shape index (κ1) is 23.1. The van der Waals surface area contributed by atoms with Gasteiger partial charge in [0.1, 0.15) is 6.04 Å². The lowest BCUT2D eigenvalue weighted by Crippen LogP contribution is -2.52. The third-order valence-corrected chi connectivity index (χ3v) is 5.18. The number of carbonyl (C=O) groups is 1. The van der Waals surface area contributed by atoms with Crippen LogP contribution in [-0.4, -0.2) is 61.6 Å². The fourth-order valence-corrected chi connectivity index (χ4v) is 3.60. The maximum Gasteiger partial charge on any atom is 0.246 e. The van der Waals surface area contributed by atoms with E-state index < -0.39 is 0 Å². The molecular weight excluding hydrogens is 390 g/mol. The Balaban J connectivity index is 2.01. The van der Waals surface area contributed by atoms with Crippen molar-refractivity contribution >= 4 is 23.6 Å². The number of carbonyl (C=O) groups excluding carboxylic acids is 1. The number of nitriles is 1. The molecule has 1 heterocycles. The number of hydrogen-bond acceptors (Lipinski definition) is 5. The quantitative estimate of drug-likeness (QED) is 0.599. The second kappa shape index (κ2) is 11.1. The molecule has 7 heteroatoms. The second-order valence-electron chi connectivity index (χ2n) is 7.40. The number of rotatable bonds is 8. The van der Waals surface area contributed by atoms with Gasteiger partial charge in [0.25, 0.3) is 0 Å². The van der Waals surface area contributed by atoms with Crippen molar-refractivity contribution < 1.29 is 14.3 Å². The van der Waals surface area contributed by atoms with Gasteiger partial charge in [-0.15, -0.1) is 0 Å². The van der Waals surface area contributed by atoms with Gasteiger partial charge >= 0.3 is 0 Å². The van der Waals surface area contributed by atoms with Crippen LogP contribution in [0.25, 0.3) is 6.08 Å². The Kier molecular flexibility index (Phi) is 8.81. The molecule has 1 aliphatic heterocycles. The van der Waals surface area contributed by atoms with Crippen LogP contribution in [0.4, 0.5) is 0 Å². The summed E-state index contributed by atoms with van der Waals surface area (Å²) in [6, 6.07) is 5.83. The SMILES string of the molecule is CCCOc1c(Cl)cc(/C=C/C(=O)N2CCN(C(C#N)C(C)C)CC2)cc1OC. The highest BCUT2D eigenvalue weighted by molar-refractivity contribution is 6.32. The van der Waals surface area contributed by atoms with Gasteiger partial charge in [-0.1, -0.05) is 32.4 Å². The molecule has 2 rings (SSSR count). The molecule has 158 valence electrons. The maximum atomic E-state index is 12.6. The monoisotopic (exact) mass is 419 g/mol. The van der Waals surface area contributed by atoms with Crippen LogP contribution in [0.3, 0.4) is 0 Å². The maximum absolute atomic E-state index is 12.6. The highest BCUT2D eigenvalue weighted by Crippen LogP contribution is 2.36. The standard InChI is InChI=1S/C22H30ClN3O3/c1-5-12-29-22-18(23)13-17(14-20(22)28-4)6-7-21(27)26-10-8-25(9-11-26)19(15-24)16(2)3/h6-7,13-14,16,19H,5,8-12H2,1-4H3/b7-6+. The molecule has 1 fully saturated rings. The summed E-state index contributed by atoms with van der Waals surface area (Å²) in [5, 5.41) is 9.81. The predicted molar refractivity (Wildman–Crippen MR) is 115 cm³/mol. The van der Waals surface area contributed by atoms with Crippen LogP contribution >= 0.6 is 11.6 Å². The molecule has 0 saturated carbocycles. The van der Waals surface area contributed by atoms with Gasteiger partial charge in [0.15, 0.2) is 11.5 Å². The predicted octanol–water partition coefficient (Wildman–Crippen LogP) is 3.84. The molecule has 1 unspecified atom stereocenters. The fourth-order valence-electron chi connectivity index (χ4n) is 3.33. The lowest BCUT2D eigenvalue weighted by atomic mass is 10.0. The highest BCUT2D eigenvalue weighted by Gasteiger charge is 2.27. The minimum Gasteiger partial charge on any atom is -0.493 e. The largest absolute Gasteiger partial charge is 0.493 e. The third-order valence-electron chi connectivity index (χ3n) is 4.90. The molecule has 1 atom stereocenters. The normalized spacial score (nSPS) is 16.1. The zero-order valence-corrected chi connectivity index (χ0v) is 18.4. The van der Waals surface area contributed by atoms with Crippen LogP contribution in [0.2, 0.25) is 5.02 Å². The molecule has 1 amide bonds. The smallest absolute Gasteiger partial charge is 0.246 e. The Hall–Kier alpha value is -2.23. The highest BCUT2D eigenvalue weighted by atomic mass is 35.5. The van der Waals surface area contributed by atoms with Crippen molar-refractivity contribution in [1.82, 2.24) is 9.80 Å². The van der Waals surface area contributed by atoms with Crippen molar-refractivity contribution in [1.29, 1.82) is 5.26 Å². The van der Waals surface area contributed by atoms with E-state index >= 15 is 0 Å². The summed E-state index contributed by atoms with van der Waals surface area (Å²) >= 11 is 6.33. The van der Waals surface area contributed by atoms with Gasteiger partial charge in [0, 0.05) is 32.3 Å². The van der Waals surface area contributed by atoms with Gasteiger partial charge in [0.05, 0.1) is 24.8 Å². The number of halogens is 1. The summed E-state index contributed by atoms with van der Waals surface area (Å²) < 4.78 is 11.0. The van der Waals surface area contributed by atoms with E-state index in [0.29, 0.717) is 49.3 Å². The fraction of sp³-hybridized carbons (Fsp3) is 0.545. The number of benzene rings is 1. The van der Waals surface area contributed by atoms with Gasteiger partial charge in [-0.25, -0.2) is 0 Å². The van der Waals surface area contributed by atoms with Gasteiger partial charge in [-0.3, -0.25) is 9.69 Å². The molecule has 0 N–H and O–H groups in total. The summed E-state index contributed by atoms with van der Waals surface area (Å²) in [7, 11) is 1.56. The van der Waals surface area contributed by atoms with E-state index in [-0.39, 0.29) is 17.9 Å². The van der Waals surface area contributed by atoms with Crippen molar-refractivity contribution in [2.75, 3.05) is 39.9 Å². The van der Waals surface area contributed by atoms with Gasteiger partial charge in [-0.2, -0.15) is 5.26 Å². The molecule has 0 aliphatic carbocycles. The van der Waals surface area contributed by atoms with Crippen molar-refractivity contribution in [2.24, 2.45) is 5.92 Å².